The minimum absolute atomic E-state index is 0.0555. The monoisotopic (exact) mass is 284 g/mol. The molecular formula is C11H16N4O5. The van der Waals surface area contributed by atoms with E-state index in [-0.39, 0.29) is 12.8 Å². The van der Waals surface area contributed by atoms with Gasteiger partial charge in [0.2, 0.25) is 11.8 Å². The van der Waals surface area contributed by atoms with Crippen molar-refractivity contribution < 1.29 is 24.7 Å². The molecular weight excluding hydrogens is 268 g/mol. The van der Waals surface area contributed by atoms with Crippen molar-refractivity contribution in [2.24, 2.45) is 5.92 Å². The lowest BCUT2D eigenvalue weighted by Crippen LogP contribution is -2.45. The minimum atomic E-state index is -1.19. The quantitative estimate of drug-likeness (QED) is 0.322. The third kappa shape index (κ3) is 4.69. The van der Waals surface area contributed by atoms with Gasteiger partial charge in [-0.25, -0.2) is 15.3 Å². The molecule has 0 aliphatic heterocycles. The maximum atomic E-state index is 11.8. The molecule has 1 unspecified atom stereocenters. The molecule has 0 radical (unpaired) electrons. The van der Waals surface area contributed by atoms with Crippen LogP contribution in [0.5, 0.6) is 0 Å². The van der Waals surface area contributed by atoms with Crippen molar-refractivity contribution in [2.75, 3.05) is 0 Å². The van der Waals surface area contributed by atoms with Crippen LogP contribution in [0.3, 0.4) is 0 Å². The third-order valence-corrected chi connectivity index (χ3v) is 2.66. The smallest absolute Gasteiger partial charge is 0.326 e. The Hall–Kier alpha value is -2.42. The first kappa shape index (κ1) is 15.6. The fraction of sp³-hybridized carbons (Fsp3) is 0.455. The Balaban J connectivity index is 2.59. The fourth-order valence-electron chi connectivity index (χ4n) is 1.55. The van der Waals surface area contributed by atoms with Gasteiger partial charge in [0.25, 0.3) is 0 Å². The molecule has 5 N–H and O–H groups in total. The highest BCUT2D eigenvalue weighted by molar-refractivity contribution is 5.88. The summed E-state index contributed by atoms with van der Waals surface area (Å²) < 4.78 is 0. The first-order valence-corrected chi connectivity index (χ1v) is 5.87. The van der Waals surface area contributed by atoms with Crippen LogP contribution in [0.4, 0.5) is 0 Å². The standard InChI is InChI=1S/C11H16N4O5/c1-6(2-9(16)15-20)10(17)14-8(11(18)19)3-7-4-12-5-13-7/h4-6,8,20H,2-3H2,1H3,(H,12,13)(H,14,17)(H,15,16)(H,18,19)/t6?,8-/m0/s1. The molecule has 2 atom stereocenters. The number of imidazole rings is 1. The SMILES string of the molecule is CC(CC(=O)NO)C(=O)N[C@@H](Cc1cnc[nH]1)C(=O)O. The molecule has 0 fully saturated rings. The summed E-state index contributed by atoms with van der Waals surface area (Å²) in [6.07, 6.45) is 2.69. The van der Waals surface area contributed by atoms with E-state index in [1.165, 1.54) is 24.9 Å². The van der Waals surface area contributed by atoms with E-state index in [1.807, 2.05) is 0 Å². The van der Waals surface area contributed by atoms with Crippen LogP contribution in [0.25, 0.3) is 0 Å². The van der Waals surface area contributed by atoms with Gasteiger partial charge in [0, 0.05) is 30.7 Å². The molecule has 0 aromatic carbocycles. The summed E-state index contributed by atoms with van der Waals surface area (Å²) in [6, 6.07) is -1.12. The van der Waals surface area contributed by atoms with Gasteiger partial charge < -0.3 is 15.4 Å². The van der Waals surface area contributed by atoms with E-state index in [0.29, 0.717) is 5.69 Å². The van der Waals surface area contributed by atoms with Crippen LogP contribution < -0.4 is 10.8 Å². The molecule has 1 heterocycles. The molecule has 0 spiro atoms. The van der Waals surface area contributed by atoms with Crippen LogP contribution in [0.2, 0.25) is 0 Å². The average molecular weight is 284 g/mol. The normalized spacial score (nSPS) is 13.3. The van der Waals surface area contributed by atoms with Crippen molar-refractivity contribution in [1.29, 1.82) is 0 Å². The van der Waals surface area contributed by atoms with E-state index >= 15 is 0 Å². The summed E-state index contributed by atoms with van der Waals surface area (Å²) in [7, 11) is 0. The summed E-state index contributed by atoms with van der Waals surface area (Å²) in [5.41, 5.74) is 1.98. The van der Waals surface area contributed by atoms with E-state index in [1.54, 1.807) is 0 Å². The van der Waals surface area contributed by atoms with Crippen LogP contribution in [-0.4, -0.2) is 44.1 Å². The second-order valence-corrected chi connectivity index (χ2v) is 4.32. The van der Waals surface area contributed by atoms with Crippen molar-refractivity contribution in [2.45, 2.75) is 25.8 Å². The lowest BCUT2D eigenvalue weighted by Gasteiger charge is -2.16. The molecule has 1 aromatic rings. The average Bonchev–Trinajstić information content (AvgIpc) is 2.90. The molecule has 0 aliphatic carbocycles. The van der Waals surface area contributed by atoms with E-state index in [0.717, 1.165) is 0 Å². The number of carbonyl (C=O) groups is 3. The van der Waals surface area contributed by atoms with Gasteiger partial charge in [-0.15, -0.1) is 0 Å². The number of aliphatic carboxylic acids is 1. The summed E-state index contributed by atoms with van der Waals surface area (Å²) in [5, 5.41) is 19.8. The molecule has 0 bridgehead atoms. The molecule has 0 aliphatic rings. The maximum Gasteiger partial charge on any atom is 0.326 e. The molecule has 110 valence electrons. The topological polar surface area (TPSA) is 144 Å². The number of hydrogen-bond donors (Lipinski definition) is 5. The number of carbonyl (C=O) groups excluding carboxylic acids is 2. The van der Waals surface area contributed by atoms with Crippen LogP contribution in [0.1, 0.15) is 19.0 Å². The Kier molecular flexibility index (Phi) is 5.66. The van der Waals surface area contributed by atoms with Crippen LogP contribution >= 0.6 is 0 Å². The number of carboxylic acids is 1. The van der Waals surface area contributed by atoms with E-state index in [9.17, 15) is 14.4 Å². The summed E-state index contributed by atoms with van der Waals surface area (Å²) >= 11 is 0. The Bertz CT molecular complexity index is 473. The zero-order valence-electron chi connectivity index (χ0n) is 10.8. The van der Waals surface area contributed by atoms with Crippen LogP contribution in [-0.2, 0) is 20.8 Å². The Morgan fingerprint density at radius 1 is 1.45 bits per heavy atom. The highest BCUT2D eigenvalue weighted by Crippen LogP contribution is 2.05. The predicted octanol–water partition coefficient (Wildman–Crippen LogP) is -0.947. The van der Waals surface area contributed by atoms with E-state index < -0.39 is 29.7 Å². The number of H-pyrrole nitrogens is 1. The second-order valence-electron chi connectivity index (χ2n) is 4.32. The van der Waals surface area contributed by atoms with Crippen molar-refractivity contribution in [1.82, 2.24) is 20.8 Å². The summed E-state index contributed by atoms with van der Waals surface area (Å²) in [6.45, 7) is 1.46. The lowest BCUT2D eigenvalue weighted by atomic mass is 10.1. The van der Waals surface area contributed by atoms with E-state index in [4.69, 9.17) is 10.3 Å². The Morgan fingerprint density at radius 3 is 2.65 bits per heavy atom. The molecule has 9 heteroatoms. The fourth-order valence-corrected chi connectivity index (χ4v) is 1.55. The number of carboxylic acid groups (broad SMARTS) is 1. The van der Waals surface area contributed by atoms with Crippen LogP contribution in [0, 0.1) is 5.92 Å². The van der Waals surface area contributed by atoms with Gasteiger partial charge in [0.05, 0.1) is 6.33 Å². The molecule has 9 nitrogen and oxygen atoms in total. The highest BCUT2D eigenvalue weighted by atomic mass is 16.5. The van der Waals surface area contributed by atoms with Gasteiger partial charge in [-0.3, -0.25) is 14.8 Å². The minimum Gasteiger partial charge on any atom is -0.480 e. The summed E-state index contributed by atoms with van der Waals surface area (Å²) in [4.78, 5) is 40.3. The highest BCUT2D eigenvalue weighted by Gasteiger charge is 2.24. The van der Waals surface area contributed by atoms with Gasteiger partial charge in [-0.2, -0.15) is 0 Å². The van der Waals surface area contributed by atoms with Gasteiger partial charge in [-0.05, 0) is 0 Å². The molecule has 2 amide bonds. The predicted molar refractivity (Wildman–Crippen MR) is 65.6 cm³/mol. The number of hydroxylamine groups is 1. The zero-order chi connectivity index (χ0) is 15.1. The van der Waals surface area contributed by atoms with Gasteiger partial charge >= 0.3 is 5.97 Å². The Labute approximate surface area is 114 Å². The van der Waals surface area contributed by atoms with Crippen molar-refractivity contribution in [3.8, 4) is 0 Å². The first-order chi connectivity index (χ1) is 9.43. The number of amides is 2. The van der Waals surface area contributed by atoms with Crippen molar-refractivity contribution in [3.05, 3.63) is 18.2 Å². The number of aromatic amines is 1. The number of nitrogens with one attached hydrogen (secondary N) is 3. The molecule has 0 saturated carbocycles. The molecule has 0 saturated heterocycles. The number of hydrogen-bond acceptors (Lipinski definition) is 5. The zero-order valence-corrected chi connectivity index (χ0v) is 10.8. The van der Waals surface area contributed by atoms with E-state index in [2.05, 4.69) is 15.3 Å². The summed E-state index contributed by atoms with van der Waals surface area (Å²) in [5.74, 6) is -3.24. The second kappa shape index (κ2) is 7.24. The maximum absolute atomic E-state index is 11.8. The third-order valence-electron chi connectivity index (χ3n) is 2.66. The lowest BCUT2D eigenvalue weighted by molar-refractivity contribution is -0.142. The van der Waals surface area contributed by atoms with Crippen molar-refractivity contribution >= 4 is 17.8 Å². The first-order valence-electron chi connectivity index (χ1n) is 5.87. The molecule has 20 heavy (non-hydrogen) atoms. The van der Waals surface area contributed by atoms with Crippen molar-refractivity contribution in [3.63, 3.8) is 0 Å². The molecule has 1 rings (SSSR count). The van der Waals surface area contributed by atoms with Crippen LogP contribution in [0.15, 0.2) is 12.5 Å². The largest absolute Gasteiger partial charge is 0.480 e. The van der Waals surface area contributed by atoms with Gasteiger partial charge in [-0.1, -0.05) is 6.92 Å². The van der Waals surface area contributed by atoms with Gasteiger partial charge in [0.1, 0.15) is 6.04 Å². The number of nitrogens with zero attached hydrogens (tertiary/aromatic N) is 1. The number of aromatic nitrogens is 2. The Morgan fingerprint density at radius 2 is 2.15 bits per heavy atom. The van der Waals surface area contributed by atoms with Gasteiger partial charge in [0.15, 0.2) is 0 Å². The number of rotatable bonds is 7. The molecule has 1 aromatic heterocycles.